The van der Waals surface area contributed by atoms with Crippen LogP contribution in [-0.4, -0.2) is 36.8 Å². The zero-order chi connectivity index (χ0) is 13.9. The molecule has 1 aliphatic carbocycles. The van der Waals surface area contributed by atoms with E-state index >= 15 is 0 Å². The molecule has 19 heavy (non-hydrogen) atoms. The number of nitrogens with one attached hydrogen (secondary N) is 2. The van der Waals surface area contributed by atoms with Crippen LogP contribution in [0, 0.1) is 0 Å². The molecule has 0 saturated heterocycles. The van der Waals surface area contributed by atoms with Crippen LogP contribution in [-0.2, 0) is 16.6 Å². The van der Waals surface area contributed by atoms with E-state index in [-0.39, 0.29) is 10.4 Å². The number of nitrogens with zero attached hydrogens (tertiary/aromatic N) is 2. The second-order valence-corrected chi connectivity index (χ2v) is 6.99. The van der Waals surface area contributed by atoms with Crippen LogP contribution < -0.4 is 10.0 Å². The van der Waals surface area contributed by atoms with Crippen LogP contribution in [0.4, 0.5) is 0 Å². The summed E-state index contributed by atoms with van der Waals surface area (Å²) in [5.74, 6) is 0. The number of rotatable bonds is 7. The van der Waals surface area contributed by atoms with Crippen molar-refractivity contribution < 1.29 is 8.42 Å². The van der Waals surface area contributed by atoms with Gasteiger partial charge >= 0.3 is 0 Å². The molecule has 7 heteroatoms. The largest absolute Gasteiger partial charge is 0.315 e. The molecule has 1 heterocycles. The molecule has 1 fully saturated rings. The van der Waals surface area contributed by atoms with Crippen molar-refractivity contribution in [2.45, 2.75) is 50.1 Å². The van der Waals surface area contributed by atoms with E-state index in [2.05, 4.69) is 15.1 Å². The molecule has 108 valence electrons. The van der Waals surface area contributed by atoms with Gasteiger partial charge in [0.1, 0.15) is 4.90 Å². The maximum Gasteiger partial charge on any atom is 0.244 e. The second-order valence-electron chi connectivity index (χ2n) is 5.31. The monoisotopic (exact) mass is 286 g/mol. The minimum atomic E-state index is -3.44. The van der Waals surface area contributed by atoms with Crippen molar-refractivity contribution in [1.29, 1.82) is 0 Å². The van der Waals surface area contributed by atoms with E-state index < -0.39 is 10.0 Å². The molecule has 1 saturated carbocycles. The zero-order valence-corrected chi connectivity index (χ0v) is 12.3. The molecular formula is C12H22N4O2S. The molecule has 0 unspecified atom stereocenters. The second kappa shape index (κ2) is 5.60. The fourth-order valence-corrected chi connectivity index (χ4v) is 3.59. The van der Waals surface area contributed by atoms with Crippen molar-refractivity contribution in [1.82, 2.24) is 19.8 Å². The molecule has 2 N–H and O–H groups in total. The minimum Gasteiger partial charge on any atom is -0.315 e. The van der Waals surface area contributed by atoms with Gasteiger partial charge in [0.05, 0.1) is 12.7 Å². The minimum absolute atomic E-state index is 0.247. The third kappa shape index (κ3) is 3.55. The van der Waals surface area contributed by atoms with E-state index in [1.807, 2.05) is 13.8 Å². The Labute approximate surface area is 114 Å². The molecule has 0 spiro atoms. The SMILES string of the molecule is CCNCCn1cc(S(=O)(=O)NC2(C)CCC2)cn1. The molecule has 0 amide bonds. The summed E-state index contributed by atoms with van der Waals surface area (Å²) >= 11 is 0. The highest BCUT2D eigenvalue weighted by Crippen LogP contribution is 2.32. The van der Waals surface area contributed by atoms with Crippen molar-refractivity contribution in [3.63, 3.8) is 0 Å². The molecule has 0 bridgehead atoms. The summed E-state index contributed by atoms with van der Waals surface area (Å²) in [5.41, 5.74) is -0.273. The lowest BCUT2D eigenvalue weighted by molar-refractivity contribution is 0.248. The van der Waals surface area contributed by atoms with E-state index in [0.29, 0.717) is 6.54 Å². The molecule has 6 nitrogen and oxygen atoms in total. The van der Waals surface area contributed by atoms with Crippen molar-refractivity contribution in [3.8, 4) is 0 Å². The Morgan fingerprint density at radius 2 is 2.21 bits per heavy atom. The fourth-order valence-electron chi connectivity index (χ4n) is 2.17. The van der Waals surface area contributed by atoms with Crippen molar-refractivity contribution in [2.24, 2.45) is 0 Å². The van der Waals surface area contributed by atoms with Gasteiger partial charge in [-0.1, -0.05) is 6.92 Å². The Kier molecular flexibility index (Phi) is 4.27. The average molecular weight is 286 g/mol. The molecule has 0 atom stereocenters. The molecule has 1 aliphatic rings. The van der Waals surface area contributed by atoms with Gasteiger partial charge in [-0.05, 0) is 32.7 Å². The van der Waals surface area contributed by atoms with Gasteiger partial charge in [0.2, 0.25) is 10.0 Å². The highest BCUT2D eigenvalue weighted by atomic mass is 32.2. The van der Waals surface area contributed by atoms with Crippen LogP contribution in [0.15, 0.2) is 17.3 Å². The van der Waals surface area contributed by atoms with Gasteiger partial charge in [0, 0.05) is 18.3 Å². The molecule has 0 aromatic carbocycles. The lowest BCUT2D eigenvalue weighted by Crippen LogP contribution is -2.50. The van der Waals surface area contributed by atoms with E-state index in [9.17, 15) is 8.42 Å². The molecule has 1 aromatic heterocycles. The Morgan fingerprint density at radius 1 is 1.47 bits per heavy atom. The molecule has 0 radical (unpaired) electrons. The summed E-state index contributed by atoms with van der Waals surface area (Å²) in [4.78, 5) is 0.247. The van der Waals surface area contributed by atoms with Crippen LogP contribution >= 0.6 is 0 Å². The molecule has 2 rings (SSSR count). The third-order valence-electron chi connectivity index (χ3n) is 3.53. The van der Waals surface area contributed by atoms with Gasteiger partial charge in [-0.25, -0.2) is 13.1 Å². The first-order chi connectivity index (χ1) is 8.95. The van der Waals surface area contributed by atoms with Gasteiger partial charge in [0.25, 0.3) is 0 Å². The number of likely N-dealkylation sites (N-methyl/N-ethyl adjacent to an activating group) is 1. The number of sulfonamides is 1. The topological polar surface area (TPSA) is 76.0 Å². The van der Waals surface area contributed by atoms with E-state index in [0.717, 1.165) is 32.4 Å². The van der Waals surface area contributed by atoms with Crippen LogP contribution in [0.1, 0.15) is 33.1 Å². The molecule has 0 aliphatic heterocycles. The van der Waals surface area contributed by atoms with Crippen LogP contribution in [0.5, 0.6) is 0 Å². The standard InChI is InChI=1S/C12H22N4O2S/c1-3-13-7-8-16-10-11(9-14-16)19(17,18)15-12(2)5-4-6-12/h9-10,13,15H,3-8H2,1-2H3. The van der Waals surface area contributed by atoms with Crippen LogP contribution in [0.25, 0.3) is 0 Å². The average Bonchev–Trinajstić information content (AvgIpc) is 2.76. The Balaban J connectivity index is 2.00. The van der Waals surface area contributed by atoms with Crippen molar-refractivity contribution in [2.75, 3.05) is 13.1 Å². The fraction of sp³-hybridized carbons (Fsp3) is 0.750. The van der Waals surface area contributed by atoms with Gasteiger partial charge in [0.15, 0.2) is 0 Å². The van der Waals surface area contributed by atoms with E-state index in [1.54, 1.807) is 10.9 Å². The van der Waals surface area contributed by atoms with Gasteiger partial charge in [-0.2, -0.15) is 5.10 Å². The lowest BCUT2D eigenvalue weighted by atomic mass is 9.80. The predicted molar refractivity (Wildman–Crippen MR) is 73.3 cm³/mol. The quantitative estimate of drug-likeness (QED) is 0.724. The molecule has 1 aromatic rings. The summed E-state index contributed by atoms with van der Waals surface area (Å²) in [7, 11) is -3.44. The Hall–Kier alpha value is -0.920. The normalized spacial score (nSPS) is 18.2. The number of aromatic nitrogens is 2. The third-order valence-corrected chi connectivity index (χ3v) is 5.12. The van der Waals surface area contributed by atoms with Crippen molar-refractivity contribution in [3.05, 3.63) is 12.4 Å². The maximum atomic E-state index is 12.2. The highest BCUT2D eigenvalue weighted by molar-refractivity contribution is 7.89. The maximum absolute atomic E-state index is 12.2. The number of hydrogen-bond donors (Lipinski definition) is 2. The molecular weight excluding hydrogens is 264 g/mol. The van der Waals surface area contributed by atoms with E-state index in [4.69, 9.17) is 0 Å². The van der Waals surface area contributed by atoms with Gasteiger partial charge in [-0.3, -0.25) is 4.68 Å². The lowest BCUT2D eigenvalue weighted by Gasteiger charge is -2.38. The summed E-state index contributed by atoms with van der Waals surface area (Å²) in [6.07, 6.45) is 5.89. The summed E-state index contributed by atoms with van der Waals surface area (Å²) in [5, 5.41) is 7.26. The van der Waals surface area contributed by atoms with Crippen LogP contribution in [0.3, 0.4) is 0 Å². The van der Waals surface area contributed by atoms with Crippen molar-refractivity contribution >= 4 is 10.0 Å². The smallest absolute Gasteiger partial charge is 0.244 e. The first-order valence-corrected chi connectivity index (χ1v) is 8.21. The Bertz CT molecular complexity index is 520. The van der Waals surface area contributed by atoms with E-state index in [1.165, 1.54) is 6.20 Å². The van der Waals surface area contributed by atoms with Gasteiger partial charge in [-0.15, -0.1) is 0 Å². The summed E-state index contributed by atoms with van der Waals surface area (Å²) < 4.78 is 28.8. The summed E-state index contributed by atoms with van der Waals surface area (Å²) in [6, 6.07) is 0. The van der Waals surface area contributed by atoms with Crippen LogP contribution in [0.2, 0.25) is 0 Å². The van der Waals surface area contributed by atoms with Gasteiger partial charge < -0.3 is 5.32 Å². The first-order valence-electron chi connectivity index (χ1n) is 6.72. The summed E-state index contributed by atoms with van der Waals surface area (Å²) in [6.45, 7) is 6.32. The first kappa shape index (κ1) is 14.5. The highest BCUT2D eigenvalue weighted by Gasteiger charge is 2.36. The zero-order valence-electron chi connectivity index (χ0n) is 11.5. The number of hydrogen-bond acceptors (Lipinski definition) is 4. The Morgan fingerprint density at radius 3 is 2.79 bits per heavy atom. The predicted octanol–water partition coefficient (Wildman–Crippen LogP) is 0.714.